The quantitative estimate of drug-likeness (QED) is 0.360. The van der Waals surface area contributed by atoms with Crippen molar-refractivity contribution < 1.29 is 24.2 Å². The predicted molar refractivity (Wildman–Crippen MR) is 103 cm³/mol. The van der Waals surface area contributed by atoms with E-state index >= 15 is 0 Å². The monoisotopic (exact) mass is 386 g/mol. The second kappa shape index (κ2) is 8.41. The highest BCUT2D eigenvalue weighted by molar-refractivity contribution is 7.80. The first-order chi connectivity index (χ1) is 12.8. The number of rotatable bonds is 8. The van der Waals surface area contributed by atoms with Gasteiger partial charge in [0.1, 0.15) is 10.7 Å². The van der Waals surface area contributed by atoms with Gasteiger partial charge in [0.15, 0.2) is 0 Å². The Balaban J connectivity index is 2.38. The minimum atomic E-state index is -2.55. The standard InChI is InChI=1S/C19H18N2O5S/c1-2-15(22)19(18(24)25,26-14-6-4-3-5-7-14)21-17(23)13-10-8-12(9-11-13)16(20)27/h3-11H,2H2,1H3,(H2,20,27)(H,21,23)(H,24,25). The summed E-state index contributed by atoms with van der Waals surface area (Å²) in [6.45, 7) is 1.48. The van der Waals surface area contributed by atoms with Crippen LogP contribution in [0.15, 0.2) is 54.6 Å². The normalized spacial score (nSPS) is 12.5. The van der Waals surface area contributed by atoms with Gasteiger partial charge in [-0.25, -0.2) is 4.79 Å². The van der Waals surface area contributed by atoms with Crippen molar-refractivity contribution in [2.45, 2.75) is 19.1 Å². The molecule has 2 rings (SSSR count). The molecule has 7 nitrogen and oxygen atoms in total. The molecule has 2 aromatic carbocycles. The molecule has 1 unspecified atom stereocenters. The number of carbonyl (C=O) groups excluding carboxylic acids is 2. The molecule has 27 heavy (non-hydrogen) atoms. The molecule has 2 aromatic rings. The molecule has 0 radical (unpaired) electrons. The third-order valence-corrected chi connectivity index (χ3v) is 3.99. The molecule has 1 atom stereocenters. The molecule has 0 spiro atoms. The molecule has 0 bridgehead atoms. The summed E-state index contributed by atoms with van der Waals surface area (Å²) in [6, 6.07) is 13.8. The molecule has 0 saturated heterocycles. The van der Waals surface area contributed by atoms with Gasteiger partial charge in [-0.2, -0.15) is 0 Å². The van der Waals surface area contributed by atoms with Gasteiger partial charge in [-0.05, 0) is 24.3 Å². The molecular formula is C19H18N2O5S. The molecule has 140 valence electrons. The van der Waals surface area contributed by atoms with Crippen molar-refractivity contribution in [3.05, 3.63) is 65.7 Å². The highest BCUT2D eigenvalue weighted by atomic mass is 32.1. The number of nitrogens with one attached hydrogen (secondary N) is 1. The van der Waals surface area contributed by atoms with E-state index in [0.29, 0.717) is 5.56 Å². The van der Waals surface area contributed by atoms with Gasteiger partial charge < -0.3 is 15.6 Å². The van der Waals surface area contributed by atoms with Crippen molar-refractivity contribution in [1.82, 2.24) is 5.32 Å². The summed E-state index contributed by atoms with van der Waals surface area (Å²) in [6.07, 6.45) is -0.153. The lowest BCUT2D eigenvalue weighted by atomic mass is 10.0. The molecule has 0 heterocycles. The van der Waals surface area contributed by atoms with Crippen LogP contribution in [0, 0.1) is 0 Å². The number of para-hydroxylation sites is 1. The van der Waals surface area contributed by atoms with Crippen molar-refractivity contribution in [3.8, 4) is 5.75 Å². The number of Topliss-reactive ketones (excluding diaryl/α,β-unsaturated/α-hetero) is 1. The first-order valence-corrected chi connectivity index (χ1v) is 8.44. The SMILES string of the molecule is CCC(=O)C(NC(=O)c1ccc(C(N)=S)cc1)(Oc1ccccc1)C(=O)O. The van der Waals surface area contributed by atoms with E-state index < -0.39 is 23.4 Å². The van der Waals surface area contributed by atoms with Crippen LogP contribution < -0.4 is 15.8 Å². The predicted octanol–water partition coefficient (Wildman–Crippen LogP) is 1.89. The van der Waals surface area contributed by atoms with Crippen LogP contribution in [0.5, 0.6) is 5.75 Å². The van der Waals surface area contributed by atoms with E-state index in [1.165, 1.54) is 43.3 Å². The van der Waals surface area contributed by atoms with Gasteiger partial charge in [0.05, 0.1) is 0 Å². The van der Waals surface area contributed by atoms with Crippen LogP contribution in [0.4, 0.5) is 0 Å². The smallest absolute Gasteiger partial charge is 0.378 e. The summed E-state index contributed by atoms with van der Waals surface area (Å²) in [4.78, 5) is 37.1. The first-order valence-electron chi connectivity index (χ1n) is 8.03. The number of benzene rings is 2. The van der Waals surface area contributed by atoms with E-state index in [-0.39, 0.29) is 22.7 Å². The van der Waals surface area contributed by atoms with E-state index in [1.807, 2.05) is 0 Å². The summed E-state index contributed by atoms with van der Waals surface area (Å²) in [5.74, 6) is -3.08. The Morgan fingerprint density at radius 2 is 1.63 bits per heavy atom. The molecule has 0 aliphatic rings. The largest absolute Gasteiger partial charge is 0.476 e. The van der Waals surface area contributed by atoms with Gasteiger partial charge in [0.2, 0.25) is 5.78 Å². The lowest BCUT2D eigenvalue weighted by Crippen LogP contribution is -2.64. The van der Waals surface area contributed by atoms with E-state index in [9.17, 15) is 19.5 Å². The van der Waals surface area contributed by atoms with Gasteiger partial charge in [-0.1, -0.05) is 49.5 Å². The van der Waals surface area contributed by atoms with E-state index in [1.54, 1.807) is 18.2 Å². The van der Waals surface area contributed by atoms with E-state index in [0.717, 1.165) is 0 Å². The Kier molecular flexibility index (Phi) is 6.25. The number of ether oxygens (including phenoxy) is 1. The molecule has 8 heteroatoms. The van der Waals surface area contributed by atoms with Crippen molar-refractivity contribution in [3.63, 3.8) is 0 Å². The fourth-order valence-electron chi connectivity index (χ4n) is 2.30. The minimum Gasteiger partial charge on any atom is -0.476 e. The summed E-state index contributed by atoms with van der Waals surface area (Å²) in [7, 11) is 0. The lowest BCUT2D eigenvalue weighted by molar-refractivity contribution is -0.164. The minimum absolute atomic E-state index is 0.126. The van der Waals surface area contributed by atoms with Gasteiger partial charge in [0, 0.05) is 17.5 Å². The third-order valence-electron chi connectivity index (χ3n) is 3.75. The first kappa shape index (κ1) is 20.1. The van der Waals surface area contributed by atoms with Gasteiger partial charge in [-0.15, -0.1) is 0 Å². The van der Waals surface area contributed by atoms with E-state index in [4.69, 9.17) is 22.7 Å². The van der Waals surface area contributed by atoms with Crippen LogP contribution >= 0.6 is 12.2 Å². The van der Waals surface area contributed by atoms with Crippen LogP contribution in [0.25, 0.3) is 0 Å². The van der Waals surface area contributed by atoms with Crippen molar-refractivity contribution in [2.75, 3.05) is 0 Å². The number of ketones is 1. The van der Waals surface area contributed by atoms with Gasteiger partial charge in [-0.3, -0.25) is 14.9 Å². The number of thiocarbonyl (C=S) groups is 1. The maximum atomic E-state index is 12.6. The maximum Gasteiger partial charge on any atom is 0.378 e. The summed E-state index contributed by atoms with van der Waals surface area (Å²) < 4.78 is 5.45. The molecule has 0 aromatic heterocycles. The molecule has 0 aliphatic heterocycles. The van der Waals surface area contributed by atoms with E-state index in [2.05, 4.69) is 5.32 Å². The van der Waals surface area contributed by atoms with Crippen molar-refractivity contribution in [1.29, 1.82) is 0 Å². The van der Waals surface area contributed by atoms with Crippen molar-refractivity contribution >= 4 is 34.9 Å². The second-order valence-electron chi connectivity index (χ2n) is 5.57. The van der Waals surface area contributed by atoms with Crippen molar-refractivity contribution in [2.24, 2.45) is 5.73 Å². The number of hydrogen-bond donors (Lipinski definition) is 3. The fourth-order valence-corrected chi connectivity index (χ4v) is 2.44. The van der Waals surface area contributed by atoms with Crippen LogP contribution in [-0.2, 0) is 9.59 Å². The third kappa shape index (κ3) is 4.48. The van der Waals surface area contributed by atoms with Crippen LogP contribution in [0.1, 0.15) is 29.3 Å². The second-order valence-corrected chi connectivity index (χ2v) is 6.01. The van der Waals surface area contributed by atoms with Crippen LogP contribution in [0.2, 0.25) is 0 Å². The highest BCUT2D eigenvalue weighted by Crippen LogP contribution is 2.20. The Hall–Kier alpha value is -3.26. The Labute approximate surface area is 161 Å². The average Bonchev–Trinajstić information content (AvgIpc) is 2.67. The molecule has 1 amide bonds. The maximum absolute atomic E-state index is 12.6. The number of amides is 1. The highest BCUT2D eigenvalue weighted by Gasteiger charge is 2.49. The van der Waals surface area contributed by atoms with Crippen LogP contribution in [0.3, 0.4) is 0 Å². The molecule has 0 fully saturated rings. The number of carbonyl (C=O) groups is 3. The zero-order chi connectivity index (χ0) is 20.0. The zero-order valence-electron chi connectivity index (χ0n) is 14.5. The number of carboxylic acids is 1. The van der Waals surface area contributed by atoms with Crippen LogP contribution in [-0.4, -0.2) is 33.5 Å². The summed E-state index contributed by atoms with van der Waals surface area (Å²) in [5.41, 5.74) is 3.65. The number of hydrogen-bond acceptors (Lipinski definition) is 5. The Morgan fingerprint density at radius 3 is 2.11 bits per heavy atom. The topological polar surface area (TPSA) is 119 Å². The number of aliphatic carboxylic acids is 1. The fraction of sp³-hybridized carbons (Fsp3) is 0.158. The molecule has 0 aliphatic carbocycles. The zero-order valence-corrected chi connectivity index (χ0v) is 15.3. The lowest BCUT2D eigenvalue weighted by Gasteiger charge is -2.29. The van der Waals surface area contributed by atoms with Gasteiger partial charge in [0.25, 0.3) is 5.91 Å². The Morgan fingerprint density at radius 1 is 1.07 bits per heavy atom. The molecular weight excluding hydrogens is 368 g/mol. The average molecular weight is 386 g/mol. The van der Waals surface area contributed by atoms with Gasteiger partial charge >= 0.3 is 11.7 Å². The summed E-state index contributed by atoms with van der Waals surface area (Å²) in [5, 5.41) is 11.9. The summed E-state index contributed by atoms with van der Waals surface area (Å²) >= 11 is 4.85. The molecule has 0 saturated carbocycles. The number of nitrogens with two attached hydrogens (primary N) is 1. The molecule has 4 N–H and O–H groups in total. The number of carboxylic acid groups (broad SMARTS) is 1. The Bertz CT molecular complexity index is 867.